The van der Waals surface area contributed by atoms with Gasteiger partial charge >= 0.3 is 41.7 Å². The second kappa shape index (κ2) is 7.31. The minimum absolute atomic E-state index is 0.124. The van der Waals surface area contributed by atoms with Gasteiger partial charge < -0.3 is 5.11 Å². The van der Waals surface area contributed by atoms with Crippen LogP contribution in [-0.2, 0) is 0 Å². The molecule has 170 valence electrons. The Bertz CT molecular complexity index is 536. The summed E-state index contributed by atoms with van der Waals surface area (Å²) in [6.45, 7) is 1.21. The van der Waals surface area contributed by atoms with E-state index in [4.69, 9.17) is 5.11 Å². The van der Waals surface area contributed by atoms with Crippen LogP contribution < -0.4 is 0 Å². The fourth-order valence-electron chi connectivity index (χ4n) is 1.77. The Labute approximate surface area is 146 Å². The maximum Gasteiger partial charge on any atom is 0.460 e. The predicted octanol–water partition coefficient (Wildman–Crippen LogP) is 5.91. The lowest BCUT2D eigenvalue weighted by molar-refractivity contribution is -0.455. The third-order valence-electron chi connectivity index (χ3n) is 3.60. The van der Waals surface area contributed by atoms with E-state index in [0.29, 0.717) is 0 Å². The number of alkyl halides is 15. The third kappa shape index (κ3) is 3.60. The van der Waals surface area contributed by atoms with E-state index in [-0.39, 0.29) is 6.42 Å². The first kappa shape index (κ1) is 26.9. The van der Waals surface area contributed by atoms with Gasteiger partial charge in [-0.05, 0) is 6.42 Å². The van der Waals surface area contributed by atoms with E-state index in [1.165, 1.54) is 6.92 Å². The molecule has 0 saturated heterocycles. The molecule has 0 rings (SSSR count). The van der Waals surface area contributed by atoms with Crippen LogP contribution in [0.15, 0.2) is 0 Å². The SMILES string of the molecule is CCCCC(O)C(F)(F)C(F)(F)C(F)(F)C(F)(F)C(F)(F)C(F)(F)C(F)(F)F. The molecule has 0 aromatic carbocycles. The Balaban J connectivity index is 6.39. The highest BCUT2D eigenvalue weighted by molar-refractivity contribution is 5.13. The molecule has 1 nitrogen and oxygen atoms in total. The third-order valence-corrected chi connectivity index (χ3v) is 3.60. The lowest BCUT2D eigenvalue weighted by Crippen LogP contribution is -2.73. The molecule has 1 unspecified atom stereocenters. The summed E-state index contributed by atoms with van der Waals surface area (Å²) >= 11 is 0. The molecule has 0 amide bonds. The van der Waals surface area contributed by atoms with E-state index < -0.39 is 60.7 Å². The van der Waals surface area contributed by atoms with Crippen LogP contribution in [0.2, 0.25) is 0 Å². The van der Waals surface area contributed by atoms with Crippen molar-refractivity contribution in [2.24, 2.45) is 0 Å². The fraction of sp³-hybridized carbons (Fsp3) is 1.00. The van der Waals surface area contributed by atoms with E-state index in [0.717, 1.165) is 0 Å². The minimum atomic E-state index is -8.32. The van der Waals surface area contributed by atoms with Gasteiger partial charge in [-0.1, -0.05) is 19.8 Å². The van der Waals surface area contributed by atoms with Crippen molar-refractivity contribution < 1.29 is 71.0 Å². The number of halogens is 15. The zero-order chi connectivity index (χ0) is 23.2. The summed E-state index contributed by atoms with van der Waals surface area (Å²) in [5.41, 5.74) is 0. The molecular weight excluding hydrogens is 445 g/mol. The van der Waals surface area contributed by atoms with E-state index in [2.05, 4.69) is 0 Å². The highest BCUT2D eigenvalue weighted by Gasteiger charge is 2.93. The number of unbranched alkanes of at least 4 members (excludes halogenated alkanes) is 1. The van der Waals surface area contributed by atoms with Crippen molar-refractivity contribution >= 4 is 0 Å². The summed E-state index contributed by atoms with van der Waals surface area (Å²) in [5.74, 6) is -47.0. The van der Waals surface area contributed by atoms with Gasteiger partial charge in [-0.3, -0.25) is 0 Å². The zero-order valence-corrected chi connectivity index (χ0v) is 13.3. The van der Waals surface area contributed by atoms with Crippen molar-refractivity contribution in [3.8, 4) is 0 Å². The highest BCUT2D eigenvalue weighted by atomic mass is 19.4. The summed E-state index contributed by atoms with van der Waals surface area (Å²) < 4.78 is 193. The second-order valence-corrected chi connectivity index (χ2v) is 5.65. The fourth-order valence-corrected chi connectivity index (χ4v) is 1.77. The minimum Gasteiger partial charge on any atom is -0.387 e. The van der Waals surface area contributed by atoms with Crippen molar-refractivity contribution in [2.45, 2.75) is 74.0 Å². The molecular formula is C12H11F15O. The van der Waals surface area contributed by atoms with Crippen LogP contribution >= 0.6 is 0 Å². The van der Waals surface area contributed by atoms with Crippen LogP contribution in [0.25, 0.3) is 0 Å². The molecule has 16 heteroatoms. The van der Waals surface area contributed by atoms with Crippen molar-refractivity contribution in [3.63, 3.8) is 0 Å². The summed E-state index contributed by atoms with van der Waals surface area (Å²) in [6.07, 6.45) is -13.6. The molecule has 0 aromatic rings. The Morgan fingerprint density at radius 3 is 1.21 bits per heavy atom. The van der Waals surface area contributed by atoms with Crippen LogP contribution in [0, 0.1) is 0 Å². The Morgan fingerprint density at radius 2 is 0.893 bits per heavy atom. The van der Waals surface area contributed by atoms with Gasteiger partial charge in [0.15, 0.2) is 0 Å². The predicted molar refractivity (Wildman–Crippen MR) is 61.3 cm³/mol. The molecule has 0 aliphatic rings. The zero-order valence-electron chi connectivity index (χ0n) is 13.3. The van der Waals surface area contributed by atoms with Gasteiger partial charge in [0.05, 0.1) is 0 Å². The maximum absolute atomic E-state index is 13.4. The molecule has 0 heterocycles. The molecule has 0 bridgehead atoms. The lowest BCUT2D eigenvalue weighted by Gasteiger charge is -2.42. The van der Waals surface area contributed by atoms with Gasteiger partial charge in [-0.15, -0.1) is 0 Å². The molecule has 0 aliphatic heterocycles. The van der Waals surface area contributed by atoms with Crippen molar-refractivity contribution in [2.75, 3.05) is 0 Å². The number of aliphatic hydroxyl groups is 1. The normalized spacial score (nSPS) is 17.0. The molecule has 1 atom stereocenters. The average molecular weight is 456 g/mol. The molecule has 0 saturated carbocycles. The largest absolute Gasteiger partial charge is 0.460 e. The van der Waals surface area contributed by atoms with E-state index in [1.807, 2.05) is 0 Å². The highest BCUT2D eigenvalue weighted by Crippen LogP contribution is 2.62. The summed E-state index contributed by atoms with van der Waals surface area (Å²) in [4.78, 5) is 0. The van der Waals surface area contributed by atoms with E-state index in [9.17, 15) is 65.9 Å². The van der Waals surface area contributed by atoms with Crippen LogP contribution in [-0.4, -0.2) is 52.9 Å². The molecule has 28 heavy (non-hydrogen) atoms. The summed E-state index contributed by atoms with van der Waals surface area (Å²) in [6, 6.07) is 0. The monoisotopic (exact) mass is 456 g/mol. The first-order valence-corrected chi connectivity index (χ1v) is 7.00. The van der Waals surface area contributed by atoms with Crippen LogP contribution in [0.4, 0.5) is 65.9 Å². The first-order valence-electron chi connectivity index (χ1n) is 7.00. The number of aliphatic hydroxyl groups excluding tert-OH is 1. The summed E-state index contributed by atoms with van der Waals surface area (Å²) in [5, 5.41) is 8.84. The lowest BCUT2D eigenvalue weighted by atomic mass is 9.88. The molecule has 0 aliphatic carbocycles. The van der Waals surface area contributed by atoms with Crippen molar-refractivity contribution in [1.82, 2.24) is 0 Å². The number of rotatable bonds is 9. The Hall–Kier alpha value is -1.09. The quantitative estimate of drug-likeness (QED) is 0.428. The van der Waals surface area contributed by atoms with Gasteiger partial charge in [0.1, 0.15) is 6.10 Å². The van der Waals surface area contributed by atoms with Gasteiger partial charge in [0, 0.05) is 0 Å². The maximum atomic E-state index is 13.4. The number of hydrogen-bond acceptors (Lipinski definition) is 1. The molecule has 0 spiro atoms. The van der Waals surface area contributed by atoms with Crippen LogP contribution in [0.1, 0.15) is 26.2 Å². The molecule has 0 radical (unpaired) electrons. The Morgan fingerprint density at radius 1 is 0.571 bits per heavy atom. The average Bonchev–Trinajstić information content (AvgIpc) is 2.50. The topological polar surface area (TPSA) is 20.2 Å². The Kier molecular flexibility index (Phi) is 7.02. The van der Waals surface area contributed by atoms with Crippen molar-refractivity contribution in [3.05, 3.63) is 0 Å². The van der Waals surface area contributed by atoms with Gasteiger partial charge in [-0.2, -0.15) is 65.9 Å². The van der Waals surface area contributed by atoms with E-state index in [1.54, 1.807) is 0 Å². The first-order chi connectivity index (χ1) is 12.0. The molecule has 0 aromatic heterocycles. The van der Waals surface area contributed by atoms with Gasteiger partial charge in [0.25, 0.3) is 0 Å². The number of hydrogen-bond donors (Lipinski definition) is 1. The molecule has 1 N–H and O–H groups in total. The summed E-state index contributed by atoms with van der Waals surface area (Å²) in [7, 11) is 0. The van der Waals surface area contributed by atoms with Crippen LogP contribution in [0.5, 0.6) is 0 Å². The van der Waals surface area contributed by atoms with Crippen molar-refractivity contribution in [1.29, 1.82) is 0 Å². The molecule has 0 fully saturated rings. The van der Waals surface area contributed by atoms with Gasteiger partial charge in [-0.25, -0.2) is 0 Å². The standard InChI is InChI=1S/C12H11F15O/c1-2-3-4-5(28)6(13,14)7(15,16)8(17,18)9(19,20)10(21,22)11(23,24)12(25,26)27/h5,28H,2-4H2,1H3. The van der Waals surface area contributed by atoms with Gasteiger partial charge in [0.2, 0.25) is 0 Å². The van der Waals surface area contributed by atoms with E-state index >= 15 is 0 Å². The second-order valence-electron chi connectivity index (χ2n) is 5.65. The smallest absolute Gasteiger partial charge is 0.387 e. The van der Waals surface area contributed by atoms with Crippen LogP contribution in [0.3, 0.4) is 0 Å².